The van der Waals surface area contributed by atoms with Crippen molar-refractivity contribution in [2.45, 2.75) is 32.2 Å². The average Bonchev–Trinajstić information content (AvgIpc) is 3.29. The van der Waals surface area contributed by atoms with E-state index in [0.717, 1.165) is 70.0 Å². The van der Waals surface area contributed by atoms with Gasteiger partial charge in [-0.2, -0.15) is 0 Å². The number of piperidine rings is 1. The maximum atomic E-state index is 11.8. The van der Waals surface area contributed by atoms with Crippen molar-refractivity contribution in [1.29, 1.82) is 0 Å². The number of likely N-dealkylation sites (tertiary alicyclic amines) is 1. The standard InChI is InChI=1S/C27H29N7O3S/c1-16-21-23(25(33-10-12-37-13-11-33)32-24(31-21)19-14-29-26(28)30-15-19)38-22(16)18-7-5-17(6-8-18)20-4-2-3-9-34(20)27(35)36/h5-8,14-15,20H,2-4,9-13H2,1H3,(H,35,36)(H2,28,29,30). The molecule has 0 aliphatic carbocycles. The zero-order chi connectivity index (χ0) is 26.2. The highest BCUT2D eigenvalue weighted by Gasteiger charge is 2.28. The summed E-state index contributed by atoms with van der Waals surface area (Å²) in [4.78, 5) is 34.9. The first-order chi connectivity index (χ1) is 18.5. The molecule has 196 valence electrons. The van der Waals surface area contributed by atoms with Crippen LogP contribution < -0.4 is 10.6 Å². The van der Waals surface area contributed by atoms with E-state index in [1.165, 1.54) is 0 Å². The van der Waals surface area contributed by atoms with Gasteiger partial charge in [0.25, 0.3) is 0 Å². The predicted molar refractivity (Wildman–Crippen MR) is 147 cm³/mol. The van der Waals surface area contributed by atoms with Gasteiger partial charge in [0.05, 0.1) is 35.0 Å². The Hall–Kier alpha value is -3.83. The molecule has 2 aliphatic rings. The number of rotatable bonds is 4. The molecule has 0 spiro atoms. The number of nitrogen functional groups attached to an aromatic ring is 1. The minimum atomic E-state index is -0.851. The molecule has 0 radical (unpaired) electrons. The number of fused-ring (bicyclic) bond motifs is 1. The van der Waals surface area contributed by atoms with Crippen molar-refractivity contribution in [3.8, 4) is 21.8 Å². The number of thiophene rings is 1. The highest BCUT2D eigenvalue weighted by atomic mass is 32.1. The van der Waals surface area contributed by atoms with E-state index in [4.69, 9.17) is 20.4 Å². The highest BCUT2D eigenvalue weighted by Crippen LogP contribution is 2.42. The van der Waals surface area contributed by atoms with Gasteiger partial charge in [-0.25, -0.2) is 24.7 Å². The number of nitrogens with zero attached hydrogens (tertiary/aromatic N) is 6. The fourth-order valence-electron chi connectivity index (χ4n) is 5.28. The predicted octanol–water partition coefficient (Wildman–Crippen LogP) is 4.75. The number of aryl methyl sites for hydroxylation is 1. The van der Waals surface area contributed by atoms with Crippen molar-refractivity contribution in [3.63, 3.8) is 0 Å². The lowest BCUT2D eigenvalue weighted by Crippen LogP contribution is -2.37. The second kappa shape index (κ2) is 10.1. The van der Waals surface area contributed by atoms with Gasteiger partial charge in [-0.05, 0) is 42.9 Å². The fourth-order valence-corrected chi connectivity index (χ4v) is 6.55. The summed E-state index contributed by atoms with van der Waals surface area (Å²) in [5.74, 6) is 1.66. The molecule has 5 heterocycles. The van der Waals surface area contributed by atoms with E-state index in [0.29, 0.717) is 31.1 Å². The topological polar surface area (TPSA) is 131 Å². The molecular weight excluding hydrogens is 502 g/mol. The van der Waals surface area contributed by atoms with Crippen LogP contribution in [-0.4, -0.2) is 68.9 Å². The molecule has 1 atom stereocenters. The molecule has 1 aromatic carbocycles. The first-order valence-electron chi connectivity index (χ1n) is 12.8. The largest absolute Gasteiger partial charge is 0.465 e. The maximum Gasteiger partial charge on any atom is 0.407 e. The van der Waals surface area contributed by atoms with Crippen LogP contribution >= 0.6 is 11.3 Å². The van der Waals surface area contributed by atoms with Gasteiger partial charge in [0.1, 0.15) is 0 Å². The van der Waals surface area contributed by atoms with E-state index >= 15 is 0 Å². The molecular formula is C27H29N7O3S. The number of amides is 1. The van der Waals surface area contributed by atoms with Gasteiger partial charge in [-0.15, -0.1) is 11.3 Å². The van der Waals surface area contributed by atoms with E-state index in [9.17, 15) is 9.90 Å². The van der Waals surface area contributed by atoms with Gasteiger partial charge in [0.2, 0.25) is 5.95 Å². The number of hydrogen-bond donors (Lipinski definition) is 2. The lowest BCUT2D eigenvalue weighted by Gasteiger charge is -2.33. The Kier molecular flexibility index (Phi) is 6.54. The van der Waals surface area contributed by atoms with Crippen molar-refractivity contribution in [2.24, 2.45) is 0 Å². The molecule has 2 saturated heterocycles. The van der Waals surface area contributed by atoms with Gasteiger partial charge in [-0.3, -0.25) is 0 Å². The first-order valence-corrected chi connectivity index (χ1v) is 13.6. The Morgan fingerprint density at radius 2 is 1.79 bits per heavy atom. The van der Waals surface area contributed by atoms with Crippen LogP contribution in [0, 0.1) is 6.92 Å². The lowest BCUT2D eigenvalue weighted by atomic mass is 9.94. The molecule has 0 saturated carbocycles. The van der Waals surface area contributed by atoms with Crippen LogP contribution in [0.3, 0.4) is 0 Å². The Labute approximate surface area is 224 Å². The second-order valence-electron chi connectivity index (χ2n) is 9.64. The van der Waals surface area contributed by atoms with Crippen LogP contribution in [0.2, 0.25) is 0 Å². The SMILES string of the molecule is Cc1c(-c2ccc(C3CCCCN3C(=O)O)cc2)sc2c(N3CCOCC3)nc(-c3cnc(N)nc3)nc12. The van der Waals surface area contributed by atoms with Crippen LogP contribution in [0.1, 0.15) is 36.4 Å². The third kappa shape index (κ3) is 4.52. The summed E-state index contributed by atoms with van der Waals surface area (Å²) in [5.41, 5.74) is 10.5. The molecule has 3 aromatic heterocycles. The van der Waals surface area contributed by atoms with E-state index in [2.05, 4.69) is 46.1 Å². The summed E-state index contributed by atoms with van der Waals surface area (Å²) < 4.78 is 6.62. The number of benzene rings is 1. The summed E-state index contributed by atoms with van der Waals surface area (Å²) in [6.45, 7) is 5.49. The summed E-state index contributed by atoms with van der Waals surface area (Å²) >= 11 is 1.69. The van der Waals surface area contributed by atoms with Gasteiger partial charge >= 0.3 is 6.09 Å². The monoisotopic (exact) mass is 531 g/mol. The number of morpholine rings is 1. The van der Waals surface area contributed by atoms with Crippen LogP contribution in [-0.2, 0) is 4.74 Å². The number of carboxylic acid groups (broad SMARTS) is 1. The minimum absolute atomic E-state index is 0.0951. The van der Waals surface area contributed by atoms with Crippen molar-refractivity contribution in [1.82, 2.24) is 24.8 Å². The van der Waals surface area contributed by atoms with Crippen LogP contribution in [0.15, 0.2) is 36.7 Å². The molecule has 6 rings (SSSR count). The van der Waals surface area contributed by atoms with Crippen LogP contribution in [0.5, 0.6) is 0 Å². The Morgan fingerprint density at radius 3 is 2.50 bits per heavy atom. The Bertz CT molecular complexity index is 1470. The number of anilines is 2. The molecule has 1 amide bonds. The molecule has 2 aliphatic heterocycles. The van der Waals surface area contributed by atoms with E-state index < -0.39 is 6.09 Å². The van der Waals surface area contributed by atoms with Gasteiger partial charge in [0.15, 0.2) is 11.6 Å². The normalized spacial score (nSPS) is 18.2. The smallest absolute Gasteiger partial charge is 0.407 e. The molecule has 11 heteroatoms. The van der Waals surface area contributed by atoms with E-state index in [-0.39, 0.29) is 12.0 Å². The van der Waals surface area contributed by atoms with Gasteiger partial charge in [-0.1, -0.05) is 24.3 Å². The third-order valence-electron chi connectivity index (χ3n) is 7.29. The zero-order valence-corrected chi connectivity index (χ0v) is 21.9. The molecule has 0 bridgehead atoms. The molecule has 10 nitrogen and oxygen atoms in total. The van der Waals surface area contributed by atoms with Crippen molar-refractivity contribution in [2.75, 3.05) is 43.5 Å². The van der Waals surface area contributed by atoms with Crippen LogP contribution in [0.4, 0.5) is 16.6 Å². The maximum absolute atomic E-state index is 11.8. The van der Waals surface area contributed by atoms with Crippen molar-refractivity contribution < 1.29 is 14.6 Å². The lowest BCUT2D eigenvalue weighted by molar-refractivity contribution is 0.106. The number of hydrogen-bond acceptors (Lipinski definition) is 9. The van der Waals surface area contributed by atoms with Gasteiger partial charge in [0, 0.05) is 36.9 Å². The molecule has 3 N–H and O–H groups in total. The van der Waals surface area contributed by atoms with Crippen molar-refractivity contribution >= 4 is 39.4 Å². The van der Waals surface area contributed by atoms with Gasteiger partial charge < -0.3 is 25.4 Å². The molecule has 2 fully saturated rings. The summed E-state index contributed by atoms with van der Waals surface area (Å²) in [6.07, 6.45) is 5.26. The molecule has 4 aromatic rings. The molecule has 1 unspecified atom stereocenters. The quantitative estimate of drug-likeness (QED) is 0.383. The first kappa shape index (κ1) is 24.5. The zero-order valence-electron chi connectivity index (χ0n) is 21.1. The van der Waals surface area contributed by atoms with Crippen molar-refractivity contribution in [3.05, 3.63) is 47.8 Å². The third-order valence-corrected chi connectivity index (χ3v) is 8.62. The number of aromatic nitrogens is 4. The summed E-state index contributed by atoms with van der Waals surface area (Å²) in [6, 6.07) is 8.23. The Morgan fingerprint density at radius 1 is 1.05 bits per heavy atom. The van der Waals surface area contributed by atoms with E-state index in [1.807, 2.05) is 0 Å². The second-order valence-corrected chi connectivity index (χ2v) is 10.7. The number of ether oxygens (including phenoxy) is 1. The Balaban J connectivity index is 1.42. The highest BCUT2D eigenvalue weighted by molar-refractivity contribution is 7.23. The summed E-state index contributed by atoms with van der Waals surface area (Å²) in [7, 11) is 0. The van der Waals surface area contributed by atoms with E-state index in [1.54, 1.807) is 28.6 Å². The summed E-state index contributed by atoms with van der Waals surface area (Å²) in [5, 5.41) is 9.66. The minimum Gasteiger partial charge on any atom is -0.465 e. The average molecular weight is 532 g/mol. The van der Waals surface area contributed by atoms with Crippen LogP contribution in [0.25, 0.3) is 32.0 Å². The molecule has 38 heavy (non-hydrogen) atoms. The fraction of sp³-hybridized carbons (Fsp3) is 0.370. The number of nitrogens with two attached hydrogens (primary N) is 1. The number of carbonyl (C=O) groups is 1.